The molecule has 0 spiro atoms. The van der Waals surface area contributed by atoms with Crippen LogP contribution in [0.5, 0.6) is 0 Å². The summed E-state index contributed by atoms with van der Waals surface area (Å²) in [7, 11) is 0. The van der Waals surface area contributed by atoms with E-state index in [9.17, 15) is 0 Å². The molecule has 2 aliphatic carbocycles. The van der Waals surface area contributed by atoms with Gasteiger partial charge in [-0.05, 0) is 57.4 Å². The lowest BCUT2D eigenvalue weighted by Crippen LogP contribution is -2.33. The number of rotatable bonds is 10. The third-order valence-electron chi connectivity index (χ3n) is 4.38. The van der Waals surface area contributed by atoms with Gasteiger partial charge in [0.25, 0.3) is 0 Å². The van der Waals surface area contributed by atoms with E-state index in [0.717, 1.165) is 37.0 Å². The van der Waals surface area contributed by atoms with Crippen molar-refractivity contribution in [3.63, 3.8) is 0 Å². The number of hydrogen-bond donors (Lipinski definition) is 1. The minimum absolute atomic E-state index is 0.0375. The molecule has 2 aliphatic rings. The molecule has 0 bridgehead atoms. The molecule has 3 rings (SSSR count). The van der Waals surface area contributed by atoms with Crippen LogP contribution in [0.2, 0.25) is 0 Å². The molecule has 2 fully saturated rings. The Kier molecular flexibility index (Phi) is 4.91. The Morgan fingerprint density at radius 2 is 2.00 bits per heavy atom. The summed E-state index contributed by atoms with van der Waals surface area (Å²) in [6.45, 7) is 5.98. The molecule has 21 heavy (non-hydrogen) atoms. The monoisotopic (exact) mass is 293 g/mol. The molecule has 5 nitrogen and oxygen atoms in total. The maximum atomic E-state index is 5.79. The Morgan fingerprint density at radius 3 is 2.62 bits per heavy atom. The molecule has 1 aromatic rings. The van der Waals surface area contributed by atoms with Gasteiger partial charge in [-0.2, -0.15) is 4.98 Å². The van der Waals surface area contributed by atoms with Crippen molar-refractivity contribution < 1.29 is 9.26 Å². The molecule has 0 aliphatic heterocycles. The first-order chi connectivity index (χ1) is 10.3. The van der Waals surface area contributed by atoms with Crippen molar-refractivity contribution in [3.8, 4) is 0 Å². The summed E-state index contributed by atoms with van der Waals surface area (Å²) in [5.41, 5.74) is 0. The van der Waals surface area contributed by atoms with Crippen molar-refractivity contribution in [2.24, 2.45) is 11.8 Å². The fourth-order valence-electron chi connectivity index (χ4n) is 2.89. The zero-order valence-electron chi connectivity index (χ0n) is 13.2. The van der Waals surface area contributed by atoms with Gasteiger partial charge in [0.05, 0.1) is 0 Å². The van der Waals surface area contributed by atoms with Crippen molar-refractivity contribution >= 4 is 0 Å². The first kappa shape index (κ1) is 15.0. The van der Waals surface area contributed by atoms with Gasteiger partial charge in [0.15, 0.2) is 0 Å². The van der Waals surface area contributed by atoms with E-state index in [1.54, 1.807) is 0 Å². The predicted molar refractivity (Wildman–Crippen MR) is 79.9 cm³/mol. The summed E-state index contributed by atoms with van der Waals surface area (Å²) >= 11 is 0. The van der Waals surface area contributed by atoms with Crippen LogP contribution in [0.3, 0.4) is 0 Å². The van der Waals surface area contributed by atoms with E-state index in [2.05, 4.69) is 22.4 Å². The third kappa shape index (κ3) is 4.04. The van der Waals surface area contributed by atoms with E-state index in [0.29, 0.717) is 18.6 Å². The molecule has 0 saturated heterocycles. The molecule has 1 N–H and O–H groups in total. The molecule has 1 aromatic heterocycles. The molecule has 2 unspecified atom stereocenters. The Morgan fingerprint density at radius 1 is 1.24 bits per heavy atom. The SMILES string of the molecule is CCCNC(Cc1nc(C(OCC)C2CC2)no1)C1CC1. The normalized spacial score (nSPS) is 21.4. The maximum Gasteiger partial charge on any atom is 0.228 e. The average Bonchev–Trinajstić information content (AvgIpc) is 3.39. The van der Waals surface area contributed by atoms with E-state index < -0.39 is 0 Å². The van der Waals surface area contributed by atoms with Crippen LogP contribution in [0.4, 0.5) is 0 Å². The van der Waals surface area contributed by atoms with Crippen LogP contribution in [-0.2, 0) is 11.2 Å². The summed E-state index contributed by atoms with van der Waals surface area (Å²) in [6.07, 6.45) is 7.13. The van der Waals surface area contributed by atoms with Crippen LogP contribution in [0.1, 0.15) is 63.8 Å². The van der Waals surface area contributed by atoms with Gasteiger partial charge in [-0.1, -0.05) is 12.1 Å². The van der Waals surface area contributed by atoms with Gasteiger partial charge >= 0.3 is 0 Å². The highest BCUT2D eigenvalue weighted by atomic mass is 16.5. The topological polar surface area (TPSA) is 60.2 Å². The van der Waals surface area contributed by atoms with Gasteiger partial charge in [0, 0.05) is 19.1 Å². The maximum absolute atomic E-state index is 5.79. The van der Waals surface area contributed by atoms with Crippen molar-refractivity contribution in [2.75, 3.05) is 13.2 Å². The van der Waals surface area contributed by atoms with Crippen molar-refractivity contribution in [2.45, 2.75) is 64.5 Å². The molecule has 1 heterocycles. The van der Waals surface area contributed by atoms with Gasteiger partial charge in [-0.3, -0.25) is 0 Å². The number of nitrogens with zero attached hydrogens (tertiary/aromatic N) is 2. The Hall–Kier alpha value is -0.940. The summed E-state index contributed by atoms with van der Waals surface area (Å²) in [5, 5.41) is 7.79. The molecule has 2 atom stereocenters. The Labute approximate surface area is 126 Å². The van der Waals surface area contributed by atoms with E-state index >= 15 is 0 Å². The Balaban J connectivity index is 1.60. The lowest BCUT2D eigenvalue weighted by Gasteiger charge is -2.15. The van der Waals surface area contributed by atoms with Crippen LogP contribution >= 0.6 is 0 Å². The van der Waals surface area contributed by atoms with Crippen LogP contribution in [0.25, 0.3) is 0 Å². The highest BCUT2D eigenvalue weighted by Gasteiger charge is 2.37. The van der Waals surface area contributed by atoms with E-state index in [4.69, 9.17) is 9.26 Å². The summed E-state index contributed by atoms with van der Waals surface area (Å²) in [4.78, 5) is 4.61. The smallest absolute Gasteiger partial charge is 0.228 e. The molecule has 0 radical (unpaired) electrons. The quantitative estimate of drug-likeness (QED) is 0.719. The first-order valence-electron chi connectivity index (χ1n) is 8.49. The Bertz CT molecular complexity index is 440. The number of nitrogens with one attached hydrogen (secondary N) is 1. The summed E-state index contributed by atoms with van der Waals surface area (Å²) < 4.78 is 11.3. The second kappa shape index (κ2) is 6.88. The second-order valence-electron chi connectivity index (χ2n) is 6.36. The van der Waals surface area contributed by atoms with E-state index in [-0.39, 0.29) is 6.10 Å². The van der Waals surface area contributed by atoms with Crippen molar-refractivity contribution in [3.05, 3.63) is 11.7 Å². The molecule has 0 aromatic carbocycles. The summed E-state index contributed by atoms with van der Waals surface area (Å²) in [5.74, 6) is 2.89. The highest BCUT2D eigenvalue weighted by molar-refractivity contribution is 5.00. The average molecular weight is 293 g/mol. The third-order valence-corrected chi connectivity index (χ3v) is 4.38. The first-order valence-corrected chi connectivity index (χ1v) is 8.49. The molecular formula is C16H27N3O2. The zero-order valence-corrected chi connectivity index (χ0v) is 13.2. The minimum Gasteiger partial charge on any atom is -0.370 e. The number of ether oxygens (including phenoxy) is 1. The number of hydrogen-bond acceptors (Lipinski definition) is 5. The van der Waals surface area contributed by atoms with Gasteiger partial charge in [0.1, 0.15) is 6.10 Å². The van der Waals surface area contributed by atoms with Gasteiger partial charge < -0.3 is 14.6 Å². The zero-order chi connectivity index (χ0) is 14.7. The standard InChI is InChI=1S/C16H27N3O2/c1-3-9-17-13(11-5-6-11)10-14-18-16(19-21-14)15(20-4-2)12-7-8-12/h11-13,15,17H,3-10H2,1-2H3. The van der Waals surface area contributed by atoms with E-state index in [1.807, 2.05) is 6.92 Å². The molecule has 5 heteroatoms. The van der Waals surface area contributed by atoms with Gasteiger partial charge in [-0.25, -0.2) is 0 Å². The lowest BCUT2D eigenvalue weighted by atomic mass is 10.1. The number of aromatic nitrogens is 2. The minimum atomic E-state index is 0.0375. The van der Waals surface area contributed by atoms with E-state index in [1.165, 1.54) is 25.7 Å². The van der Waals surface area contributed by atoms with Crippen LogP contribution in [0, 0.1) is 11.8 Å². The molecule has 0 amide bonds. The van der Waals surface area contributed by atoms with Crippen molar-refractivity contribution in [1.82, 2.24) is 15.5 Å². The predicted octanol–water partition coefficient (Wildman–Crippen LogP) is 2.88. The molecule has 2 saturated carbocycles. The van der Waals surface area contributed by atoms with Gasteiger partial charge in [-0.15, -0.1) is 0 Å². The highest BCUT2D eigenvalue weighted by Crippen LogP contribution is 2.42. The lowest BCUT2D eigenvalue weighted by molar-refractivity contribution is 0.0384. The fraction of sp³-hybridized carbons (Fsp3) is 0.875. The van der Waals surface area contributed by atoms with Crippen molar-refractivity contribution in [1.29, 1.82) is 0 Å². The fourth-order valence-corrected chi connectivity index (χ4v) is 2.89. The van der Waals surface area contributed by atoms with Crippen LogP contribution < -0.4 is 5.32 Å². The van der Waals surface area contributed by atoms with Gasteiger partial charge in [0.2, 0.25) is 11.7 Å². The molecular weight excluding hydrogens is 266 g/mol. The van der Waals surface area contributed by atoms with Crippen LogP contribution in [0.15, 0.2) is 4.52 Å². The molecule has 118 valence electrons. The summed E-state index contributed by atoms with van der Waals surface area (Å²) in [6, 6.07) is 0.490. The van der Waals surface area contributed by atoms with Crippen LogP contribution in [-0.4, -0.2) is 29.3 Å². The largest absolute Gasteiger partial charge is 0.370 e. The second-order valence-corrected chi connectivity index (χ2v) is 6.36.